The lowest BCUT2D eigenvalue weighted by Crippen LogP contribution is -2.35. The number of benzene rings is 1. The van der Waals surface area contributed by atoms with E-state index in [0.717, 1.165) is 5.56 Å². The zero-order valence-corrected chi connectivity index (χ0v) is 10.5. The topological polar surface area (TPSA) is 58.5 Å². The van der Waals surface area contributed by atoms with Gasteiger partial charge in [0, 0.05) is 17.5 Å². The second-order valence-corrected chi connectivity index (χ2v) is 4.95. The van der Waals surface area contributed by atoms with Crippen LogP contribution in [0.25, 0.3) is 0 Å². The van der Waals surface area contributed by atoms with Crippen LogP contribution in [-0.2, 0) is 0 Å². The summed E-state index contributed by atoms with van der Waals surface area (Å²) in [5.41, 5.74) is 1.30. The summed E-state index contributed by atoms with van der Waals surface area (Å²) in [7, 11) is 0. The van der Waals surface area contributed by atoms with Gasteiger partial charge in [0.25, 0.3) is 5.91 Å². The third kappa shape index (κ3) is 3.98. The normalized spacial score (nSPS) is 11.0. The predicted molar refractivity (Wildman–Crippen MR) is 68.0 cm³/mol. The lowest BCUT2D eigenvalue weighted by molar-refractivity contribution is 0.0937. The van der Waals surface area contributed by atoms with Crippen molar-refractivity contribution in [3.63, 3.8) is 0 Å². The third-order valence-corrected chi connectivity index (χ3v) is 2.61. The molecular formula is C13H18N2O2. The molecule has 0 atom stereocenters. The van der Waals surface area contributed by atoms with Crippen molar-refractivity contribution in [3.05, 3.63) is 40.3 Å². The molecule has 0 unspecified atom stereocenters. The Labute approximate surface area is 101 Å². The molecule has 1 aromatic rings. The Morgan fingerprint density at radius 3 is 2.59 bits per heavy atom. The van der Waals surface area contributed by atoms with E-state index in [1.165, 1.54) is 0 Å². The summed E-state index contributed by atoms with van der Waals surface area (Å²) in [4.78, 5) is 22.1. The summed E-state index contributed by atoms with van der Waals surface area (Å²) < 4.78 is 0. The van der Waals surface area contributed by atoms with E-state index in [4.69, 9.17) is 0 Å². The van der Waals surface area contributed by atoms with Gasteiger partial charge in [0.15, 0.2) is 0 Å². The number of hydrogen-bond acceptors (Lipinski definition) is 3. The second kappa shape index (κ2) is 5.57. The summed E-state index contributed by atoms with van der Waals surface area (Å²) >= 11 is 0. The summed E-state index contributed by atoms with van der Waals surface area (Å²) in [5, 5.41) is 5.70. The fraction of sp³-hybridized carbons (Fsp3) is 0.462. The molecule has 1 aromatic carbocycles. The maximum atomic E-state index is 11.9. The number of amides is 1. The van der Waals surface area contributed by atoms with E-state index in [2.05, 4.69) is 10.5 Å². The molecule has 0 aliphatic carbocycles. The summed E-state index contributed by atoms with van der Waals surface area (Å²) in [6.45, 7) is 6.32. The van der Waals surface area contributed by atoms with Crippen LogP contribution >= 0.6 is 0 Å². The SMILES string of the molecule is Cc1ccccc1C(=O)NCC(C)(C)CN=O. The minimum atomic E-state index is -0.305. The highest BCUT2D eigenvalue weighted by Gasteiger charge is 2.19. The third-order valence-electron chi connectivity index (χ3n) is 2.61. The van der Waals surface area contributed by atoms with Crippen molar-refractivity contribution in [2.75, 3.05) is 13.1 Å². The number of carbonyl (C=O) groups excluding carboxylic acids is 1. The highest BCUT2D eigenvalue weighted by molar-refractivity contribution is 5.95. The molecule has 0 saturated heterocycles. The van der Waals surface area contributed by atoms with Gasteiger partial charge in [0.2, 0.25) is 0 Å². The second-order valence-electron chi connectivity index (χ2n) is 4.95. The number of nitroso groups, excluding NO2 is 1. The van der Waals surface area contributed by atoms with Crippen molar-refractivity contribution in [1.82, 2.24) is 5.32 Å². The summed E-state index contributed by atoms with van der Waals surface area (Å²) in [5.74, 6) is -0.109. The van der Waals surface area contributed by atoms with Crippen LogP contribution in [0, 0.1) is 17.2 Å². The Kier molecular flexibility index (Phi) is 4.37. The van der Waals surface area contributed by atoms with Crippen molar-refractivity contribution in [3.8, 4) is 0 Å². The first-order valence-corrected chi connectivity index (χ1v) is 5.59. The number of rotatable bonds is 5. The molecule has 0 aromatic heterocycles. The molecule has 1 N–H and O–H groups in total. The first-order chi connectivity index (χ1) is 7.96. The van der Waals surface area contributed by atoms with Gasteiger partial charge in [-0.2, -0.15) is 4.91 Å². The van der Waals surface area contributed by atoms with Gasteiger partial charge in [0.05, 0.1) is 6.54 Å². The van der Waals surface area contributed by atoms with Crippen LogP contribution in [-0.4, -0.2) is 19.0 Å². The van der Waals surface area contributed by atoms with E-state index < -0.39 is 0 Å². The van der Waals surface area contributed by atoms with Crippen molar-refractivity contribution in [2.24, 2.45) is 10.6 Å². The van der Waals surface area contributed by atoms with E-state index in [-0.39, 0.29) is 17.9 Å². The average molecular weight is 234 g/mol. The van der Waals surface area contributed by atoms with E-state index in [1.807, 2.05) is 39.0 Å². The number of hydrogen-bond donors (Lipinski definition) is 1. The van der Waals surface area contributed by atoms with E-state index >= 15 is 0 Å². The zero-order chi connectivity index (χ0) is 12.9. The fourth-order valence-electron chi connectivity index (χ4n) is 1.47. The Hall–Kier alpha value is -1.71. The Balaban J connectivity index is 2.62. The standard InChI is InChI=1S/C13H18N2O2/c1-10-6-4-5-7-11(10)12(16)14-8-13(2,3)9-15-17/h4-7H,8-9H2,1-3H3,(H,14,16). The molecule has 0 spiro atoms. The number of carbonyl (C=O) groups is 1. The van der Waals surface area contributed by atoms with Crippen LogP contribution in [0.5, 0.6) is 0 Å². The monoisotopic (exact) mass is 234 g/mol. The molecule has 0 heterocycles. The molecule has 17 heavy (non-hydrogen) atoms. The van der Waals surface area contributed by atoms with Crippen LogP contribution in [0.1, 0.15) is 29.8 Å². The van der Waals surface area contributed by atoms with Gasteiger partial charge in [-0.3, -0.25) is 4.79 Å². The van der Waals surface area contributed by atoms with Crippen molar-refractivity contribution in [1.29, 1.82) is 0 Å². The highest BCUT2D eigenvalue weighted by Crippen LogP contribution is 2.14. The van der Waals surface area contributed by atoms with Crippen molar-refractivity contribution in [2.45, 2.75) is 20.8 Å². The van der Waals surface area contributed by atoms with Gasteiger partial charge in [-0.15, -0.1) is 0 Å². The average Bonchev–Trinajstić information content (AvgIpc) is 2.27. The van der Waals surface area contributed by atoms with Crippen molar-refractivity contribution < 1.29 is 4.79 Å². The molecule has 0 bridgehead atoms. The molecule has 92 valence electrons. The van der Waals surface area contributed by atoms with Gasteiger partial charge in [-0.05, 0) is 18.6 Å². The van der Waals surface area contributed by atoms with E-state index in [9.17, 15) is 9.70 Å². The van der Waals surface area contributed by atoms with E-state index in [1.54, 1.807) is 6.07 Å². The minimum absolute atomic E-state index is 0.109. The van der Waals surface area contributed by atoms with E-state index in [0.29, 0.717) is 12.1 Å². The molecule has 0 fully saturated rings. The highest BCUT2D eigenvalue weighted by atomic mass is 16.3. The van der Waals surface area contributed by atoms with Gasteiger partial charge in [-0.25, -0.2) is 0 Å². The minimum Gasteiger partial charge on any atom is -0.351 e. The fourth-order valence-corrected chi connectivity index (χ4v) is 1.47. The Morgan fingerprint density at radius 1 is 1.35 bits per heavy atom. The van der Waals surface area contributed by atoms with Gasteiger partial charge in [-0.1, -0.05) is 37.2 Å². The molecule has 1 amide bonds. The van der Waals surface area contributed by atoms with Crippen molar-refractivity contribution >= 4 is 5.91 Å². The maximum absolute atomic E-state index is 11.9. The maximum Gasteiger partial charge on any atom is 0.251 e. The van der Waals surface area contributed by atoms with Crippen LogP contribution in [0.15, 0.2) is 29.4 Å². The predicted octanol–water partition coefficient (Wildman–Crippen LogP) is 2.52. The van der Waals surface area contributed by atoms with Gasteiger partial charge < -0.3 is 5.32 Å². The zero-order valence-electron chi connectivity index (χ0n) is 10.5. The lowest BCUT2D eigenvalue weighted by Gasteiger charge is -2.21. The molecule has 0 saturated carbocycles. The lowest BCUT2D eigenvalue weighted by atomic mass is 9.93. The number of nitrogens with one attached hydrogen (secondary N) is 1. The van der Waals surface area contributed by atoms with Crippen LogP contribution in [0.3, 0.4) is 0 Å². The molecule has 1 rings (SSSR count). The van der Waals surface area contributed by atoms with Crippen LogP contribution in [0.4, 0.5) is 0 Å². The summed E-state index contributed by atoms with van der Waals surface area (Å²) in [6, 6.07) is 7.41. The number of aryl methyl sites for hydroxylation is 1. The Morgan fingerprint density at radius 2 is 2.00 bits per heavy atom. The quantitative estimate of drug-likeness (QED) is 0.796. The van der Waals surface area contributed by atoms with Gasteiger partial charge in [0.1, 0.15) is 0 Å². The number of nitrogens with zero attached hydrogens (tertiary/aromatic N) is 1. The molecule has 0 aliphatic rings. The Bertz CT molecular complexity index is 414. The van der Waals surface area contributed by atoms with Gasteiger partial charge >= 0.3 is 0 Å². The molecular weight excluding hydrogens is 216 g/mol. The smallest absolute Gasteiger partial charge is 0.251 e. The molecule has 0 aliphatic heterocycles. The first-order valence-electron chi connectivity index (χ1n) is 5.59. The molecule has 4 heteroatoms. The van der Waals surface area contributed by atoms with Crippen LogP contribution in [0.2, 0.25) is 0 Å². The summed E-state index contributed by atoms with van der Waals surface area (Å²) in [6.07, 6.45) is 0. The molecule has 4 nitrogen and oxygen atoms in total. The molecule has 0 radical (unpaired) electrons. The largest absolute Gasteiger partial charge is 0.351 e. The first kappa shape index (κ1) is 13.4. The van der Waals surface area contributed by atoms with Crippen LogP contribution < -0.4 is 5.32 Å².